The van der Waals surface area contributed by atoms with Crippen LogP contribution >= 0.6 is 11.6 Å². The monoisotopic (exact) mass is 387 g/mol. The number of nitrogens with one attached hydrogen (secondary N) is 2. The van der Waals surface area contributed by atoms with Gasteiger partial charge in [-0.1, -0.05) is 0 Å². The molecule has 3 aromatic rings. The maximum absolute atomic E-state index is 12.5. The highest BCUT2D eigenvalue weighted by atomic mass is 35.5. The fraction of sp³-hybridized carbons (Fsp3) is 0.333. The number of carbonyl (C=O) groups excluding carboxylic acids is 1. The van der Waals surface area contributed by atoms with Crippen molar-refractivity contribution in [3.8, 4) is 17.4 Å². The normalized spacial score (nSPS) is 14.6. The highest BCUT2D eigenvalue weighted by Gasteiger charge is 2.21. The molecule has 0 saturated heterocycles. The van der Waals surface area contributed by atoms with Crippen LogP contribution in [0.4, 0.5) is 5.82 Å². The number of aryl methyl sites for hydroxylation is 1. The Balaban J connectivity index is 1.82. The summed E-state index contributed by atoms with van der Waals surface area (Å²) in [4.78, 5) is 31.9. The molecule has 9 heteroatoms. The van der Waals surface area contributed by atoms with Crippen molar-refractivity contribution in [1.29, 1.82) is 0 Å². The van der Waals surface area contributed by atoms with Gasteiger partial charge in [-0.05, 0) is 44.7 Å². The number of alkyl halides is 1. The van der Waals surface area contributed by atoms with Gasteiger partial charge in [0.25, 0.3) is 5.56 Å². The minimum absolute atomic E-state index is 0.173. The van der Waals surface area contributed by atoms with E-state index >= 15 is 0 Å². The quantitative estimate of drug-likeness (QED) is 0.669. The topological polar surface area (TPSA) is 106 Å². The van der Waals surface area contributed by atoms with Gasteiger partial charge < -0.3 is 9.73 Å². The van der Waals surface area contributed by atoms with Gasteiger partial charge in [0, 0.05) is 11.6 Å². The van der Waals surface area contributed by atoms with Crippen molar-refractivity contribution in [2.75, 3.05) is 5.32 Å². The third-order valence-electron chi connectivity index (χ3n) is 4.48. The smallest absolute Gasteiger partial charge is 0.255 e. The molecule has 1 atom stereocenters. The van der Waals surface area contributed by atoms with Crippen LogP contribution in [-0.4, -0.2) is 31.0 Å². The van der Waals surface area contributed by atoms with E-state index in [1.165, 1.54) is 10.9 Å². The molecule has 4 rings (SSSR count). The summed E-state index contributed by atoms with van der Waals surface area (Å²) >= 11 is 5.87. The van der Waals surface area contributed by atoms with Crippen LogP contribution in [0.25, 0.3) is 17.4 Å². The summed E-state index contributed by atoms with van der Waals surface area (Å²) in [6, 6.07) is 5.15. The van der Waals surface area contributed by atoms with Crippen LogP contribution in [0, 0.1) is 0 Å². The van der Waals surface area contributed by atoms with Gasteiger partial charge in [-0.15, -0.1) is 11.6 Å². The number of furan rings is 1. The first-order valence-electron chi connectivity index (χ1n) is 8.74. The maximum Gasteiger partial charge on any atom is 0.255 e. The van der Waals surface area contributed by atoms with E-state index in [2.05, 4.69) is 20.4 Å². The molecule has 1 aliphatic rings. The predicted octanol–water partition coefficient (Wildman–Crippen LogP) is 2.66. The lowest BCUT2D eigenvalue weighted by Gasteiger charge is -2.15. The Kier molecular flexibility index (Phi) is 4.57. The van der Waals surface area contributed by atoms with Crippen molar-refractivity contribution in [1.82, 2.24) is 19.7 Å². The molecule has 0 aliphatic heterocycles. The minimum Gasteiger partial charge on any atom is -0.463 e. The molecule has 140 valence electrons. The first-order chi connectivity index (χ1) is 13.0. The van der Waals surface area contributed by atoms with Crippen molar-refractivity contribution in [3.63, 3.8) is 0 Å². The molecule has 1 unspecified atom stereocenters. The molecule has 3 aromatic heterocycles. The van der Waals surface area contributed by atoms with Gasteiger partial charge in [-0.2, -0.15) is 9.78 Å². The van der Waals surface area contributed by atoms with Crippen LogP contribution in [0.15, 0.2) is 33.7 Å². The number of aromatic nitrogens is 4. The Morgan fingerprint density at radius 2 is 2.22 bits per heavy atom. The zero-order valence-corrected chi connectivity index (χ0v) is 15.4. The van der Waals surface area contributed by atoms with E-state index in [1.807, 2.05) is 0 Å². The van der Waals surface area contributed by atoms with E-state index in [4.69, 9.17) is 16.0 Å². The van der Waals surface area contributed by atoms with Crippen LogP contribution < -0.4 is 10.9 Å². The third-order valence-corrected chi connectivity index (χ3v) is 4.67. The van der Waals surface area contributed by atoms with Gasteiger partial charge >= 0.3 is 0 Å². The van der Waals surface area contributed by atoms with Crippen molar-refractivity contribution in [2.24, 2.45) is 0 Å². The Bertz CT molecular complexity index is 1040. The summed E-state index contributed by atoms with van der Waals surface area (Å²) in [7, 11) is 0. The number of hydrogen-bond acceptors (Lipinski definition) is 5. The number of amides is 1. The lowest BCUT2D eigenvalue weighted by atomic mass is 9.97. The number of nitrogens with zero attached hydrogens (tertiary/aromatic N) is 3. The molecule has 3 heterocycles. The summed E-state index contributed by atoms with van der Waals surface area (Å²) in [6.45, 7) is 1.57. The fourth-order valence-electron chi connectivity index (χ4n) is 3.09. The number of anilines is 1. The molecule has 2 N–H and O–H groups in total. The molecule has 0 aromatic carbocycles. The first kappa shape index (κ1) is 17.5. The molecule has 0 saturated carbocycles. The summed E-state index contributed by atoms with van der Waals surface area (Å²) in [5, 5.41) is 6.45. The minimum atomic E-state index is -0.726. The average molecular weight is 388 g/mol. The third kappa shape index (κ3) is 3.40. The molecule has 27 heavy (non-hydrogen) atoms. The number of halogens is 1. The second-order valence-electron chi connectivity index (χ2n) is 6.43. The van der Waals surface area contributed by atoms with Gasteiger partial charge in [-0.3, -0.25) is 14.6 Å². The Hall–Kier alpha value is -2.87. The summed E-state index contributed by atoms with van der Waals surface area (Å²) in [5.74, 6) is 0.737. The van der Waals surface area contributed by atoms with Crippen LogP contribution in [0.1, 0.15) is 31.0 Å². The van der Waals surface area contributed by atoms with Gasteiger partial charge in [0.2, 0.25) is 11.9 Å². The number of rotatable bonds is 4. The Morgan fingerprint density at radius 3 is 2.96 bits per heavy atom. The van der Waals surface area contributed by atoms with Gasteiger partial charge in [0.1, 0.15) is 16.9 Å². The molecule has 0 bridgehead atoms. The second kappa shape index (κ2) is 7.03. The van der Waals surface area contributed by atoms with E-state index in [9.17, 15) is 9.59 Å². The maximum atomic E-state index is 12.5. The van der Waals surface area contributed by atoms with E-state index in [-0.39, 0.29) is 17.4 Å². The molecule has 1 aliphatic carbocycles. The lowest BCUT2D eigenvalue weighted by Crippen LogP contribution is -2.26. The largest absolute Gasteiger partial charge is 0.463 e. The molecule has 0 radical (unpaired) electrons. The van der Waals surface area contributed by atoms with Gasteiger partial charge in [-0.25, -0.2) is 4.98 Å². The van der Waals surface area contributed by atoms with E-state index in [0.29, 0.717) is 17.3 Å². The molecule has 0 spiro atoms. The van der Waals surface area contributed by atoms with E-state index in [0.717, 1.165) is 36.9 Å². The summed E-state index contributed by atoms with van der Waals surface area (Å²) in [6.07, 6.45) is 4.98. The van der Waals surface area contributed by atoms with Crippen LogP contribution in [0.3, 0.4) is 0 Å². The molecular weight excluding hydrogens is 370 g/mol. The van der Waals surface area contributed by atoms with Gasteiger partial charge in [0.15, 0.2) is 5.76 Å². The van der Waals surface area contributed by atoms with Crippen LogP contribution in [-0.2, 0) is 17.6 Å². The number of aromatic amines is 1. The average Bonchev–Trinajstić information content (AvgIpc) is 3.31. The number of H-pyrrole nitrogens is 1. The predicted molar refractivity (Wildman–Crippen MR) is 100 cm³/mol. The van der Waals surface area contributed by atoms with Crippen molar-refractivity contribution in [3.05, 3.63) is 46.1 Å². The number of hydrogen-bond donors (Lipinski definition) is 2. The highest BCUT2D eigenvalue weighted by molar-refractivity contribution is 6.32. The standard InChI is InChI=1S/C18H18ClN5O3/c1-10(19)16(25)21-15-9-13(14-7-4-8-27-14)23-24(15)18-20-12-6-3-2-5-11(12)17(26)22-18/h4,7-10H,2-3,5-6H2,1H3,(H,21,25)(H,20,22,26). The highest BCUT2D eigenvalue weighted by Crippen LogP contribution is 2.25. The SMILES string of the molecule is CC(Cl)C(=O)Nc1cc(-c2ccco2)nn1-c1nc2c(c(=O)[nH]1)CCCC2. The van der Waals surface area contributed by atoms with Crippen LogP contribution in [0.2, 0.25) is 0 Å². The molecule has 0 fully saturated rings. The van der Waals surface area contributed by atoms with E-state index in [1.54, 1.807) is 25.1 Å². The van der Waals surface area contributed by atoms with Crippen LogP contribution in [0.5, 0.6) is 0 Å². The number of fused-ring (bicyclic) bond motifs is 1. The Morgan fingerprint density at radius 1 is 1.41 bits per heavy atom. The zero-order chi connectivity index (χ0) is 19.0. The zero-order valence-electron chi connectivity index (χ0n) is 14.7. The van der Waals surface area contributed by atoms with E-state index < -0.39 is 5.38 Å². The lowest BCUT2D eigenvalue weighted by molar-refractivity contribution is -0.115. The fourth-order valence-corrected chi connectivity index (χ4v) is 3.15. The molecule has 8 nitrogen and oxygen atoms in total. The number of carbonyl (C=O) groups is 1. The molecular formula is C18H18ClN5O3. The Labute approximate surface area is 159 Å². The van der Waals surface area contributed by atoms with Crippen molar-refractivity contribution < 1.29 is 9.21 Å². The summed E-state index contributed by atoms with van der Waals surface area (Å²) < 4.78 is 6.78. The summed E-state index contributed by atoms with van der Waals surface area (Å²) in [5.41, 5.74) is 1.83. The molecule has 1 amide bonds. The second-order valence-corrected chi connectivity index (χ2v) is 7.09. The van der Waals surface area contributed by atoms with Gasteiger partial charge in [0.05, 0.1) is 12.0 Å². The van der Waals surface area contributed by atoms with Crippen molar-refractivity contribution >= 4 is 23.3 Å². The van der Waals surface area contributed by atoms with Crippen molar-refractivity contribution in [2.45, 2.75) is 38.0 Å². The first-order valence-corrected chi connectivity index (χ1v) is 9.18.